The Kier molecular flexibility index (Phi) is 4.82. The number of hydrogen-bond acceptors (Lipinski definition) is 4. The van der Waals surface area contributed by atoms with Crippen LogP contribution in [0.2, 0.25) is 5.02 Å². The van der Waals surface area contributed by atoms with Crippen molar-refractivity contribution in [3.63, 3.8) is 0 Å². The van der Waals surface area contributed by atoms with E-state index in [2.05, 4.69) is 9.88 Å². The van der Waals surface area contributed by atoms with Gasteiger partial charge in [0.1, 0.15) is 11.5 Å². The standard InChI is InChI=1S/C20H23ClN2O2/c21-17-9-20(11-22-10-17)25-19-7-15-12-23(13-16(15)8-19)6-5-14-1-3-18(24)4-2-14/h1-4,9-11,15-16,19,24H,5-8,12-13H2. The van der Waals surface area contributed by atoms with Crippen LogP contribution in [0.5, 0.6) is 11.5 Å². The van der Waals surface area contributed by atoms with E-state index in [9.17, 15) is 5.11 Å². The van der Waals surface area contributed by atoms with Crippen molar-refractivity contribution in [2.45, 2.75) is 25.4 Å². The summed E-state index contributed by atoms with van der Waals surface area (Å²) >= 11 is 5.98. The monoisotopic (exact) mass is 358 g/mol. The van der Waals surface area contributed by atoms with Crippen LogP contribution < -0.4 is 4.74 Å². The molecule has 4 nitrogen and oxygen atoms in total. The number of phenolic OH excluding ortho intramolecular Hbond substituents is 1. The van der Waals surface area contributed by atoms with Gasteiger partial charge in [0.05, 0.1) is 17.3 Å². The summed E-state index contributed by atoms with van der Waals surface area (Å²) in [6.07, 6.45) is 6.93. The topological polar surface area (TPSA) is 45.6 Å². The summed E-state index contributed by atoms with van der Waals surface area (Å²) in [7, 11) is 0. The molecule has 0 amide bonds. The number of pyridine rings is 1. The van der Waals surface area contributed by atoms with Crippen molar-refractivity contribution >= 4 is 11.6 Å². The van der Waals surface area contributed by atoms with E-state index in [1.807, 2.05) is 18.2 Å². The summed E-state index contributed by atoms with van der Waals surface area (Å²) in [5.41, 5.74) is 1.28. The minimum atomic E-state index is 0.287. The highest BCUT2D eigenvalue weighted by molar-refractivity contribution is 6.30. The van der Waals surface area contributed by atoms with Crippen LogP contribution in [0.15, 0.2) is 42.7 Å². The van der Waals surface area contributed by atoms with Crippen LogP contribution in [0.3, 0.4) is 0 Å². The maximum atomic E-state index is 9.36. The summed E-state index contributed by atoms with van der Waals surface area (Å²) < 4.78 is 6.08. The van der Waals surface area contributed by atoms with Gasteiger partial charge in [-0.05, 0) is 48.8 Å². The molecule has 5 heteroatoms. The van der Waals surface area contributed by atoms with Gasteiger partial charge in [0, 0.05) is 31.9 Å². The van der Waals surface area contributed by atoms with Gasteiger partial charge >= 0.3 is 0 Å². The minimum absolute atomic E-state index is 0.287. The van der Waals surface area contributed by atoms with Gasteiger partial charge in [0.15, 0.2) is 0 Å². The lowest BCUT2D eigenvalue weighted by Crippen LogP contribution is -2.26. The number of aromatic hydroxyl groups is 1. The van der Waals surface area contributed by atoms with E-state index < -0.39 is 0 Å². The Morgan fingerprint density at radius 2 is 1.84 bits per heavy atom. The van der Waals surface area contributed by atoms with E-state index in [1.165, 1.54) is 5.56 Å². The summed E-state index contributed by atoms with van der Waals surface area (Å²) in [4.78, 5) is 6.66. The van der Waals surface area contributed by atoms with Crippen molar-refractivity contribution in [3.8, 4) is 11.5 Å². The van der Waals surface area contributed by atoms with Gasteiger partial charge in [-0.2, -0.15) is 0 Å². The molecule has 4 rings (SSSR count). The van der Waals surface area contributed by atoms with E-state index in [1.54, 1.807) is 24.5 Å². The molecule has 1 aliphatic carbocycles. The molecular weight excluding hydrogens is 336 g/mol. The van der Waals surface area contributed by atoms with Crippen molar-refractivity contribution in [2.24, 2.45) is 11.8 Å². The lowest BCUT2D eigenvalue weighted by atomic mass is 10.0. The molecule has 1 saturated carbocycles. The van der Waals surface area contributed by atoms with Gasteiger partial charge in [0.2, 0.25) is 0 Å². The molecule has 2 fully saturated rings. The number of likely N-dealkylation sites (tertiary alicyclic amines) is 1. The maximum absolute atomic E-state index is 9.36. The number of halogens is 1. The molecule has 1 saturated heterocycles. The second-order valence-corrected chi connectivity index (χ2v) is 7.68. The van der Waals surface area contributed by atoms with Crippen molar-refractivity contribution < 1.29 is 9.84 Å². The van der Waals surface area contributed by atoms with E-state index in [0.717, 1.165) is 56.5 Å². The van der Waals surface area contributed by atoms with Crippen LogP contribution in [0.25, 0.3) is 0 Å². The highest BCUT2D eigenvalue weighted by atomic mass is 35.5. The lowest BCUT2D eigenvalue weighted by molar-refractivity contribution is 0.185. The van der Waals surface area contributed by atoms with Gasteiger partial charge < -0.3 is 14.7 Å². The fourth-order valence-corrected chi connectivity index (χ4v) is 4.38. The van der Waals surface area contributed by atoms with E-state index in [4.69, 9.17) is 16.3 Å². The van der Waals surface area contributed by atoms with E-state index >= 15 is 0 Å². The van der Waals surface area contributed by atoms with Crippen molar-refractivity contribution in [3.05, 3.63) is 53.3 Å². The van der Waals surface area contributed by atoms with Crippen LogP contribution in [0.4, 0.5) is 0 Å². The van der Waals surface area contributed by atoms with Crippen molar-refractivity contribution in [1.29, 1.82) is 0 Å². The van der Waals surface area contributed by atoms with Crippen LogP contribution in [-0.4, -0.2) is 40.7 Å². The van der Waals surface area contributed by atoms with Crippen LogP contribution in [0.1, 0.15) is 18.4 Å². The van der Waals surface area contributed by atoms with Crippen LogP contribution in [-0.2, 0) is 6.42 Å². The third-order valence-corrected chi connectivity index (χ3v) is 5.63. The zero-order valence-corrected chi connectivity index (χ0v) is 14.9. The zero-order valence-electron chi connectivity index (χ0n) is 14.1. The molecule has 0 spiro atoms. The number of hydrogen-bond donors (Lipinski definition) is 1. The lowest BCUT2D eigenvalue weighted by Gasteiger charge is -2.19. The second-order valence-electron chi connectivity index (χ2n) is 7.25. The molecule has 25 heavy (non-hydrogen) atoms. The first-order valence-corrected chi connectivity index (χ1v) is 9.31. The molecule has 1 aromatic heterocycles. The Bertz CT molecular complexity index is 708. The molecule has 2 aliphatic rings. The Morgan fingerprint density at radius 1 is 1.12 bits per heavy atom. The quantitative estimate of drug-likeness (QED) is 0.883. The van der Waals surface area contributed by atoms with Gasteiger partial charge in [0.25, 0.3) is 0 Å². The molecule has 0 radical (unpaired) electrons. The molecule has 0 bridgehead atoms. The molecular formula is C20H23ClN2O2. The van der Waals surface area contributed by atoms with Crippen molar-refractivity contribution in [1.82, 2.24) is 9.88 Å². The molecule has 1 N–H and O–H groups in total. The number of aromatic nitrogens is 1. The first-order valence-electron chi connectivity index (χ1n) is 8.93. The molecule has 1 aromatic carbocycles. The molecule has 2 aromatic rings. The summed E-state index contributed by atoms with van der Waals surface area (Å²) in [5, 5.41) is 9.98. The Morgan fingerprint density at radius 3 is 2.52 bits per heavy atom. The number of rotatable bonds is 5. The fourth-order valence-electron chi connectivity index (χ4n) is 4.22. The average Bonchev–Trinajstić information content (AvgIpc) is 3.12. The second kappa shape index (κ2) is 7.22. The predicted octanol–water partition coefficient (Wildman–Crippen LogP) is 3.77. The Hall–Kier alpha value is -1.78. The summed E-state index contributed by atoms with van der Waals surface area (Å²) in [6, 6.07) is 9.39. The molecule has 2 heterocycles. The number of fused-ring (bicyclic) bond motifs is 1. The first-order chi connectivity index (χ1) is 12.2. The van der Waals surface area contributed by atoms with Crippen LogP contribution >= 0.6 is 11.6 Å². The Labute approximate surface area is 153 Å². The number of benzene rings is 1. The molecule has 1 aliphatic heterocycles. The third kappa shape index (κ3) is 4.07. The van der Waals surface area contributed by atoms with Gasteiger partial charge in [-0.15, -0.1) is 0 Å². The SMILES string of the molecule is Oc1ccc(CCN2CC3CC(Oc4cncc(Cl)c4)CC3C2)cc1. The zero-order chi connectivity index (χ0) is 17.2. The molecule has 2 atom stereocenters. The van der Waals surface area contributed by atoms with Crippen LogP contribution in [0, 0.1) is 11.8 Å². The molecule has 132 valence electrons. The van der Waals surface area contributed by atoms with E-state index in [0.29, 0.717) is 10.8 Å². The number of nitrogens with zero attached hydrogens (tertiary/aromatic N) is 2. The van der Waals surface area contributed by atoms with Gasteiger partial charge in [-0.25, -0.2) is 0 Å². The molecule has 2 unspecified atom stereocenters. The normalized spacial score (nSPS) is 25.9. The summed E-state index contributed by atoms with van der Waals surface area (Å²) in [5.74, 6) is 2.58. The smallest absolute Gasteiger partial charge is 0.139 e. The summed E-state index contributed by atoms with van der Waals surface area (Å²) in [6.45, 7) is 3.41. The third-order valence-electron chi connectivity index (χ3n) is 5.42. The predicted molar refractivity (Wildman–Crippen MR) is 98.1 cm³/mol. The number of ether oxygens (including phenoxy) is 1. The highest BCUT2D eigenvalue weighted by Gasteiger charge is 2.41. The number of phenols is 1. The minimum Gasteiger partial charge on any atom is -0.508 e. The van der Waals surface area contributed by atoms with Gasteiger partial charge in [-0.1, -0.05) is 23.7 Å². The highest BCUT2D eigenvalue weighted by Crippen LogP contribution is 2.39. The van der Waals surface area contributed by atoms with E-state index in [-0.39, 0.29) is 6.10 Å². The largest absolute Gasteiger partial charge is 0.508 e. The average molecular weight is 359 g/mol. The fraction of sp³-hybridized carbons (Fsp3) is 0.450. The first kappa shape index (κ1) is 16.7. The van der Waals surface area contributed by atoms with Gasteiger partial charge in [-0.3, -0.25) is 4.98 Å². The maximum Gasteiger partial charge on any atom is 0.139 e. The Balaban J connectivity index is 1.25. The van der Waals surface area contributed by atoms with Crippen molar-refractivity contribution in [2.75, 3.05) is 19.6 Å².